The number of hydrogen-bond donors (Lipinski definition) is 1. The van der Waals surface area contributed by atoms with Gasteiger partial charge in [-0.2, -0.15) is 0 Å². The number of urea groups is 1. The number of nitrogens with one attached hydrogen (secondary N) is 1. The van der Waals surface area contributed by atoms with Crippen LogP contribution < -0.4 is 10.1 Å². The van der Waals surface area contributed by atoms with Crippen LogP contribution in [-0.2, 0) is 4.79 Å². The van der Waals surface area contributed by atoms with Gasteiger partial charge in [-0.15, -0.1) is 0 Å². The van der Waals surface area contributed by atoms with E-state index in [1.54, 1.807) is 12.2 Å². The summed E-state index contributed by atoms with van der Waals surface area (Å²) in [5.41, 5.74) is 1.20. The van der Waals surface area contributed by atoms with E-state index in [9.17, 15) is 9.59 Å². The van der Waals surface area contributed by atoms with Crippen LogP contribution in [0.25, 0.3) is 6.08 Å². The summed E-state index contributed by atoms with van der Waals surface area (Å²) >= 11 is 4.42. The van der Waals surface area contributed by atoms with Crippen molar-refractivity contribution in [2.45, 2.75) is 38.1 Å². The van der Waals surface area contributed by atoms with Gasteiger partial charge < -0.3 is 10.1 Å². The highest BCUT2D eigenvalue weighted by Gasteiger charge is 2.38. The van der Waals surface area contributed by atoms with Crippen molar-refractivity contribution < 1.29 is 14.3 Å². The van der Waals surface area contributed by atoms with E-state index in [-0.39, 0.29) is 18.0 Å². The Bertz CT molecular complexity index is 747. The summed E-state index contributed by atoms with van der Waals surface area (Å²) in [5.74, 6) is 0.581. The maximum absolute atomic E-state index is 12.7. The standard InChI is InChI=1S/C19H20I2N2O3/c1-2-8-26-17-14(20)9-12(10-15(17)21)11-16-18(24)23(19(25)22-16)13-6-4-3-5-7-13/h2,9-11,13H,1,3-8H2,(H,22,25)/b16-11-. The number of amides is 3. The van der Waals surface area contributed by atoms with Crippen molar-refractivity contribution in [1.82, 2.24) is 10.2 Å². The highest BCUT2D eigenvalue weighted by atomic mass is 127. The largest absolute Gasteiger partial charge is 0.487 e. The molecule has 0 atom stereocenters. The van der Waals surface area contributed by atoms with E-state index >= 15 is 0 Å². The number of carbonyl (C=O) groups is 2. The molecule has 5 nitrogen and oxygen atoms in total. The van der Waals surface area contributed by atoms with Gasteiger partial charge in [-0.1, -0.05) is 31.9 Å². The lowest BCUT2D eigenvalue weighted by Crippen LogP contribution is -2.41. The second-order valence-corrected chi connectivity index (χ2v) is 8.69. The molecule has 2 aliphatic rings. The quantitative estimate of drug-likeness (QED) is 0.239. The van der Waals surface area contributed by atoms with Crippen LogP contribution in [0.3, 0.4) is 0 Å². The number of nitrogens with zero attached hydrogens (tertiary/aromatic N) is 1. The highest BCUT2D eigenvalue weighted by Crippen LogP contribution is 2.31. The highest BCUT2D eigenvalue weighted by molar-refractivity contribution is 14.1. The zero-order valence-electron chi connectivity index (χ0n) is 14.3. The fourth-order valence-electron chi connectivity index (χ4n) is 3.33. The Hall–Kier alpha value is -1.10. The molecule has 2 fully saturated rings. The summed E-state index contributed by atoms with van der Waals surface area (Å²) in [6.45, 7) is 4.10. The number of imide groups is 1. The van der Waals surface area contributed by atoms with E-state index in [1.165, 1.54) is 11.3 Å². The molecule has 1 N–H and O–H groups in total. The number of hydrogen-bond acceptors (Lipinski definition) is 3. The number of benzene rings is 1. The topological polar surface area (TPSA) is 58.6 Å². The van der Waals surface area contributed by atoms with Crippen molar-refractivity contribution >= 4 is 63.2 Å². The molecule has 1 saturated carbocycles. The Labute approximate surface area is 180 Å². The lowest BCUT2D eigenvalue weighted by atomic mass is 9.94. The molecule has 1 aliphatic heterocycles. The Morgan fingerprint density at radius 1 is 1.19 bits per heavy atom. The number of halogens is 2. The normalized spacial score (nSPS) is 19.8. The average molecular weight is 578 g/mol. The first-order chi connectivity index (χ1) is 12.5. The predicted octanol–water partition coefficient (Wildman–Crippen LogP) is 4.69. The molecule has 7 heteroatoms. The fourth-order valence-corrected chi connectivity index (χ4v) is 5.46. The molecule has 1 aromatic carbocycles. The maximum atomic E-state index is 12.7. The van der Waals surface area contributed by atoms with Gasteiger partial charge in [0.05, 0.1) is 7.14 Å². The van der Waals surface area contributed by atoms with Gasteiger partial charge in [-0.25, -0.2) is 4.79 Å². The second kappa shape index (κ2) is 8.73. The lowest BCUT2D eigenvalue weighted by Gasteiger charge is -2.28. The minimum absolute atomic E-state index is 0.0251. The molecule has 1 aliphatic carbocycles. The maximum Gasteiger partial charge on any atom is 0.329 e. The molecular weight excluding hydrogens is 558 g/mol. The molecule has 0 unspecified atom stereocenters. The van der Waals surface area contributed by atoms with Crippen LogP contribution >= 0.6 is 45.2 Å². The summed E-state index contributed by atoms with van der Waals surface area (Å²) in [6, 6.07) is 3.61. The summed E-state index contributed by atoms with van der Waals surface area (Å²) in [7, 11) is 0. The monoisotopic (exact) mass is 578 g/mol. The van der Waals surface area contributed by atoms with Gasteiger partial charge >= 0.3 is 6.03 Å². The van der Waals surface area contributed by atoms with Crippen LogP contribution in [-0.4, -0.2) is 29.5 Å². The summed E-state index contributed by atoms with van der Waals surface area (Å²) in [4.78, 5) is 26.4. The average Bonchev–Trinajstić information content (AvgIpc) is 2.88. The molecule has 1 aromatic rings. The van der Waals surface area contributed by atoms with E-state index < -0.39 is 0 Å². The van der Waals surface area contributed by atoms with E-state index in [2.05, 4.69) is 57.1 Å². The van der Waals surface area contributed by atoms with E-state index in [0.717, 1.165) is 44.1 Å². The third-order valence-corrected chi connectivity index (χ3v) is 6.13. The first-order valence-corrected chi connectivity index (χ1v) is 10.8. The number of ether oxygens (including phenoxy) is 1. The minimum atomic E-state index is -0.302. The molecular formula is C19H20I2N2O3. The summed E-state index contributed by atoms with van der Waals surface area (Å²) < 4.78 is 7.57. The molecule has 0 spiro atoms. The van der Waals surface area contributed by atoms with Crippen LogP contribution in [0.2, 0.25) is 0 Å². The van der Waals surface area contributed by atoms with Crippen molar-refractivity contribution in [3.05, 3.63) is 43.2 Å². The third-order valence-electron chi connectivity index (χ3n) is 4.53. The van der Waals surface area contributed by atoms with Crippen LogP contribution in [0.15, 0.2) is 30.5 Å². The Morgan fingerprint density at radius 2 is 1.85 bits per heavy atom. The van der Waals surface area contributed by atoms with Gasteiger partial charge in [-0.05, 0) is 81.8 Å². The van der Waals surface area contributed by atoms with Crippen LogP contribution in [0.1, 0.15) is 37.7 Å². The summed E-state index contributed by atoms with van der Waals surface area (Å²) in [6.07, 6.45) is 8.57. The molecule has 138 valence electrons. The van der Waals surface area contributed by atoms with Crippen molar-refractivity contribution in [1.29, 1.82) is 0 Å². The van der Waals surface area contributed by atoms with Gasteiger partial charge in [-0.3, -0.25) is 9.69 Å². The first-order valence-electron chi connectivity index (χ1n) is 8.60. The Balaban J connectivity index is 1.82. The van der Waals surface area contributed by atoms with Crippen molar-refractivity contribution in [3.8, 4) is 5.75 Å². The second-order valence-electron chi connectivity index (χ2n) is 6.37. The molecule has 1 heterocycles. The van der Waals surface area contributed by atoms with E-state index in [1.807, 2.05) is 12.1 Å². The molecule has 0 aromatic heterocycles. The zero-order chi connectivity index (χ0) is 18.7. The number of rotatable bonds is 5. The number of carbonyl (C=O) groups excluding carboxylic acids is 2. The molecule has 1 saturated heterocycles. The molecule has 0 bridgehead atoms. The fraction of sp³-hybridized carbons (Fsp3) is 0.368. The Kier molecular flexibility index (Phi) is 6.60. The van der Waals surface area contributed by atoms with Crippen LogP contribution in [0.5, 0.6) is 5.75 Å². The third kappa shape index (κ3) is 4.24. The molecule has 3 rings (SSSR count). The van der Waals surface area contributed by atoms with Crippen LogP contribution in [0, 0.1) is 7.14 Å². The van der Waals surface area contributed by atoms with Gasteiger partial charge in [0, 0.05) is 6.04 Å². The molecule has 0 radical (unpaired) electrons. The van der Waals surface area contributed by atoms with Gasteiger partial charge in [0.1, 0.15) is 18.1 Å². The van der Waals surface area contributed by atoms with Crippen LogP contribution in [0.4, 0.5) is 4.79 Å². The van der Waals surface area contributed by atoms with E-state index in [4.69, 9.17) is 4.74 Å². The van der Waals surface area contributed by atoms with Gasteiger partial charge in [0.25, 0.3) is 5.91 Å². The van der Waals surface area contributed by atoms with Crippen molar-refractivity contribution in [2.75, 3.05) is 6.61 Å². The smallest absolute Gasteiger partial charge is 0.329 e. The SMILES string of the molecule is C=CCOc1c(I)cc(/C=C2\NC(=O)N(C3CCCCC3)C2=O)cc1I. The van der Waals surface area contributed by atoms with E-state index in [0.29, 0.717) is 12.3 Å². The molecule has 3 amide bonds. The Morgan fingerprint density at radius 3 is 2.46 bits per heavy atom. The zero-order valence-corrected chi connectivity index (χ0v) is 18.6. The summed E-state index contributed by atoms with van der Waals surface area (Å²) in [5, 5.41) is 2.74. The lowest BCUT2D eigenvalue weighted by molar-refractivity contribution is -0.124. The minimum Gasteiger partial charge on any atom is -0.487 e. The predicted molar refractivity (Wildman–Crippen MR) is 118 cm³/mol. The van der Waals surface area contributed by atoms with Crippen molar-refractivity contribution in [2.24, 2.45) is 0 Å². The van der Waals surface area contributed by atoms with Crippen molar-refractivity contribution in [3.63, 3.8) is 0 Å². The molecule has 26 heavy (non-hydrogen) atoms. The first kappa shape index (κ1) is 19.7. The van der Waals surface area contributed by atoms with Gasteiger partial charge in [0.2, 0.25) is 0 Å². The van der Waals surface area contributed by atoms with Gasteiger partial charge in [0.15, 0.2) is 0 Å².